The molecular formula is C23H23ClN4O3. The topological polar surface area (TPSA) is 79.5 Å². The minimum atomic E-state index is -0.146. The predicted octanol–water partition coefficient (Wildman–Crippen LogP) is 4.57. The van der Waals surface area contributed by atoms with Crippen LogP contribution in [-0.4, -0.2) is 39.5 Å². The fourth-order valence-electron chi connectivity index (χ4n) is 3.57. The molecule has 2 aromatic carbocycles. The molecule has 160 valence electrons. The van der Waals surface area contributed by atoms with Crippen LogP contribution in [0.15, 0.2) is 52.9 Å². The summed E-state index contributed by atoms with van der Waals surface area (Å²) < 4.78 is 5.77. The van der Waals surface area contributed by atoms with Gasteiger partial charge < -0.3 is 14.2 Å². The molecule has 7 nitrogen and oxygen atoms in total. The molecule has 0 unspecified atom stereocenters. The van der Waals surface area contributed by atoms with Crippen molar-refractivity contribution >= 4 is 29.1 Å². The lowest BCUT2D eigenvalue weighted by atomic mass is 10.1. The molecule has 2 amide bonds. The number of benzene rings is 2. The van der Waals surface area contributed by atoms with Crippen LogP contribution in [0.2, 0.25) is 5.02 Å². The molecule has 0 radical (unpaired) electrons. The van der Waals surface area contributed by atoms with E-state index in [-0.39, 0.29) is 24.4 Å². The van der Waals surface area contributed by atoms with Gasteiger partial charge in [0.25, 0.3) is 5.91 Å². The summed E-state index contributed by atoms with van der Waals surface area (Å²) in [5.41, 5.74) is 2.00. The highest BCUT2D eigenvalue weighted by Gasteiger charge is 2.24. The summed E-state index contributed by atoms with van der Waals surface area (Å²) in [6, 6.07) is 14.3. The third-order valence-electron chi connectivity index (χ3n) is 5.26. The van der Waals surface area contributed by atoms with E-state index in [4.69, 9.17) is 16.0 Å². The van der Waals surface area contributed by atoms with Crippen LogP contribution < -0.4 is 4.90 Å². The van der Waals surface area contributed by atoms with E-state index in [9.17, 15) is 9.59 Å². The molecule has 8 heteroatoms. The maximum atomic E-state index is 13.2. The second-order valence-corrected chi connectivity index (χ2v) is 8.11. The summed E-state index contributed by atoms with van der Waals surface area (Å²) in [4.78, 5) is 28.5. The molecule has 31 heavy (non-hydrogen) atoms. The Kier molecular flexibility index (Phi) is 6.04. The molecule has 1 fully saturated rings. The first-order chi connectivity index (χ1) is 14.9. The fourth-order valence-corrected chi connectivity index (χ4v) is 3.78. The highest BCUT2D eigenvalue weighted by molar-refractivity contribution is 6.33. The monoisotopic (exact) mass is 438 g/mol. The lowest BCUT2D eigenvalue weighted by molar-refractivity contribution is -0.117. The Labute approximate surface area is 185 Å². The maximum Gasteiger partial charge on any atom is 0.254 e. The SMILES string of the molecule is CC(C)N(Cc1nnc(-c2ccccc2Cl)o1)C(=O)c1ccc(N2CCCC2=O)cc1. The summed E-state index contributed by atoms with van der Waals surface area (Å²) in [6.45, 7) is 4.76. The van der Waals surface area contributed by atoms with E-state index in [1.165, 1.54) is 0 Å². The highest BCUT2D eigenvalue weighted by Crippen LogP contribution is 2.27. The first-order valence-electron chi connectivity index (χ1n) is 10.2. The van der Waals surface area contributed by atoms with E-state index >= 15 is 0 Å². The van der Waals surface area contributed by atoms with Gasteiger partial charge in [-0.25, -0.2) is 0 Å². The Balaban J connectivity index is 1.51. The molecule has 0 N–H and O–H groups in total. The number of anilines is 1. The van der Waals surface area contributed by atoms with Crippen molar-refractivity contribution in [2.75, 3.05) is 11.4 Å². The Morgan fingerprint density at radius 3 is 2.55 bits per heavy atom. The van der Waals surface area contributed by atoms with Crippen LogP contribution in [-0.2, 0) is 11.3 Å². The van der Waals surface area contributed by atoms with Gasteiger partial charge >= 0.3 is 0 Å². The molecule has 2 heterocycles. The van der Waals surface area contributed by atoms with Gasteiger partial charge in [-0.3, -0.25) is 9.59 Å². The van der Waals surface area contributed by atoms with Crippen LogP contribution in [0.3, 0.4) is 0 Å². The van der Waals surface area contributed by atoms with Gasteiger partial charge in [-0.1, -0.05) is 23.7 Å². The standard InChI is InChI=1S/C23H23ClN4O3/c1-15(2)28(14-20-25-26-22(31-20)18-6-3-4-7-19(18)24)23(30)16-9-11-17(12-10-16)27-13-5-8-21(27)29/h3-4,6-7,9-12,15H,5,8,13-14H2,1-2H3. The van der Waals surface area contributed by atoms with Gasteiger partial charge in [-0.2, -0.15) is 0 Å². The third kappa shape index (κ3) is 4.46. The first kappa shape index (κ1) is 21.1. The average Bonchev–Trinajstić information content (AvgIpc) is 3.41. The summed E-state index contributed by atoms with van der Waals surface area (Å²) in [7, 11) is 0. The molecule has 0 aliphatic carbocycles. The van der Waals surface area contributed by atoms with Crippen molar-refractivity contribution in [1.29, 1.82) is 0 Å². The van der Waals surface area contributed by atoms with E-state index < -0.39 is 0 Å². The van der Waals surface area contributed by atoms with E-state index in [0.717, 1.165) is 18.7 Å². The van der Waals surface area contributed by atoms with Gasteiger partial charge in [0.05, 0.1) is 17.1 Å². The molecule has 3 aromatic rings. The summed E-state index contributed by atoms with van der Waals surface area (Å²) in [6.07, 6.45) is 1.43. The average molecular weight is 439 g/mol. The second-order valence-electron chi connectivity index (χ2n) is 7.70. The summed E-state index contributed by atoms with van der Waals surface area (Å²) >= 11 is 6.21. The number of hydrogen-bond donors (Lipinski definition) is 0. The zero-order valence-electron chi connectivity index (χ0n) is 17.4. The summed E-state index contributed by atoms with van der Waals surface area (Å²) in [5, 5.41) is 8.69. The van der Waals surface area contributed by atoms with Crippen molar-refractivity contribution in [1.82, 2.24) is 15.1 Å². The largest absolute Gasteiger partial charge is 0.419 e. The second kappa shape index (κ2) is 8.89. The number of hydrogen-bond acceptors (Lipinski definition) is 5. The smallest absolute Gasteiger partial charge is 0.254 e. The molecule has 1 aromatic heterocycles. The van der Waals surface area contributed by atoms with Gasteiger partial charge in [0.1, 0.15) is 0 Å². The van der Waals surface area contributed by atoms with Crippen LogP contribution in [0, 0.1) is 0 Å². The quantitative estimate of drug-likeness (QED) is 0.563. The number of rotatable bonds is 6. The Hall–Kier alpha value is -3.19. The lowest BCUT2D eigenvalue weighted by Gasteiger charge is -2.25. The number of carbonyl (C=O) groups is 2. The fraction of sp³-hybridized carbons (Fsp3) is 0.304. The minimum absolute atomic E-state index is 0.0806. The summed E-state index contributed by atoms with van der Waals surface area (Å²) in [5.74, 6) is 0.619. The van der Waals surface area contributed by atoms with Crippen LogP contribution >= 0.6 is 11.6 Å². The van der Waals surface area contributed by atoms with Gasteiger partial charge in [0.15, 0.2) is 0 Å². The number of nitrogens with zero attached hydrogens (tertiary/aromatic N) is 4. The molecule has 1 aliphatic heterocycles. The maximum absolute atomic E-state index is 13.2. The normalized spacial score (nSPS) is 13.8. The number of aromatic nitrogens is 2. The Bertz CT molecular complexity index is 1090. The van der Waals surface area contributed by atoms with Crippen LogP contribution in [0.1, 0.15) is 42.9 Å². The molecule has 4 rings (SSSR count). The third-order valence-corrected chi connectivity index (χ3v) is 5.59. The van der Waals surface area contributed by atoms with Crippen molar-refractivity contribution in [2.24, 2.45) is 0 Å². The number of halogens is 1. The van der Waals surface area contributed by atoms with Crippen molar-refractivity contribution in [3.63, 3.8) is 0 Å². The number of carbonyl (C=O) groups excluding carboxylic acids is 2. The lowest BCUT2D eigenvalue weighted by Crippen LogP contribution is -2.36. The molecule has 1 aliphatic rings. The highest BCUT2D eigenvalue weighted by atomic mass is 35.5. The predicted molar refractivity (Wildman–Crippen MR) is 118 cm³/mol. The molecule has 0 bridgehead atoms. The zero-order valence-corrected chi connectivity index (χ0v) is 18.2. The van der Waals surface area contributed by atoms with Crippen molar-refractivity contribution < 1.29 is 14.0 Å². The van der Waals surface area contributed by atoms with E-state index in [1.54, 1.807) is 34.1 Å². The first-order valence-corrected chi connectivity index (χ1v) is 10.6. The van der Waals surface area contributed by atoms with E-state index in [1.807, 2.05) is 38.1 Å². The van der Waals surface area contributed by atoms with Crippen molar-refractivity contribution in [2.45, 2.75) is 39.3 Å². The van der Waals surface area contributed by atoms with Crippen LogP contribution in [0.25, 0.3) is 11.5 Å². The van der Waals surface area contributed by atoms with Gasteiger partial charge in [-0.15, -0.1) is 10.2 Å². The zero-order chi connectivity index (χ0) is 22.0. The van der Waals surface area contributed by atoms with Gasteiger partial charge in [0.2, 0.25) is 17.7 Å². The van der Waals surface area contributed by atoms with Gasteiger partial charge in [-0.05, 0) is 56.7 Å². The van der Waals surface area contributed by atoms with E-state index in [2.05, 4.69) is 10.2 Å². The molecule has 0 saturated carbocycles. The van der Waals surface area contributed by atoms with Crippen molar-refractivity contribution in [3.05, 3.63) is 65.0 Å². The van der Waals surface area contributed by atoms with Crippen LogP contribution in [0.5, 0.6) is 0 Å². The van der Waals surface area contributed by atoms with Crippen LogP contribution in [0.4, 0.5) is 5.69 Å². The molecule has 1 saturated heterocycles. The van der Waals surface area contributed by atoms with E-state index in [0.29, 0.717) is 34.4 Å². The molecule has 0 atom stereocenters. The van der Waals surface area contributed by atoms with Crippen molar-refractivity contribution in [3.8, 4) is 11.5 Å². The Morgan fingerprint density at radius 2 is 1.90 bits per heavy atom. The van der Waals surface area contributed by atoms with Gasteiger partial charge in [0, 0.05) is 30.3 Å². The molecular weight excluding hydrogens is 416 g/mol. The Morgan fingerprint density at radius 1 is 1.16 bits per heavy atom. The minimum Gasteiger partial charge on any atom is -0.419 e. The molecule has 0 spiro atoms. The number of amides is 2.